The first kappa shape index (κ1) is 21.6. The van der Waals surface area contributed by atoms with E-state index in [2.05, 4.69) is 10.6 Å². The Morgan fingerprint density at radius 3 is 2.59 bits per heavy atom. The van der Waals surface area contributed by atoms with E-state index in [0.29, 0.717) is 22.1 Å². The Kier molecular flexibility index (Phi) is 6.23. The molecule has 0 spiro atoms. The van der Waals surface area contributed by atoms with Gasteiger partial charge in [-0.25, -0.2) is 4.98 Å². The maximum Gasteiger partial charge on any atom is 0.251 e. The van der Waals surface area contributed by atoms with Crippen molar-refractivity contribution >= 4 is 40.1 Å². The lowest BCUT2D eigenvalue weighted by molar-refractivity contribution is -0.116. The maximum atomic E-state index is 12.8. The van der Waals surface area contributed by atoms with Gasteiger partial charge in [0.1, 0.15) is 12.4 Å². The minimum atomic E-state index is -0.408. The molecule has 0 aliphatic rings. The van der Waals surface area contributed by atoms with Gasteiger partial charge in [0, 0.05) is 16.3 Å². The Morgan fingerprint density at radius 2 is 1.81 bits per heavy atom. The standard InChI is InChI=1S/C25H23ClN4O2/c1-16-7-5-8-18(13-16)25(32)27-17(2)24-29-21-11-3-4-12-22(21)30(24)15-23(31)28-20-10-6-9-19(26)14-20/h3-14,17H,15H2,1-2H3,(H,27,32)(H,28,31). The Balaban J connectivity index is 1.59. The van der Waals surface area contributed by atoms with Gasteiger partial charge >= 0.3 is 0 Å². The number of amides is 2. The van der Waals surface area contributed by atoms with Gasteiger partial charge < -0.3 is 15.2 Å². The average molecular weight is 447 g/mol. The molecule has 0 bridgehead atoms. The predicted molar refractivity (Wildman–Crippen MR) is 127 cm³/mol. The zero-order chi connectivity index (χ0) is 22.7. The lowest BCUT2D eigenvalue weighted by atomic mass is 10.1. The number of halogens is 1. The molecule has 0 aliphatic heterocycles. The summed E-state index contributed by atoms with van der Waals surface area (Å²) < 4.78 is 1.83. The molecule has 4 rings (SSSR count). The van der Waals surface area contributed by atoms with Gasteiger partial charge in [-0.1, -0.05) is 47.5 Å². The molecule has 2 N–H and O–H groups in total. The van der Waals surface area contributed by atoms with Crippen LogP contribution in [-0.4, -0.2) is 21.4 Å². The van der Waals surface area contributed by atoms with E-state index in [4.69, 9.17) is 16.6 Å². The van der Waals surface area contributed by atoms with Gasteiger partial charge in [0.25, 0.3) is 5.91 Å². The second-order valence-corrected chi connectivity index (χ2v) is 8.10. The van der Waals surface area contributed by atoms with Crippen LogP contribution < -0.4 is 10.6 Å². The number of anilines is 1. The van der Waals surface area contributed by atoms with E-state index in [1.54, 1.807) is 30.3 Å². The van der Waals surface area contributed by atoms with Crippen molar-refractivity contribution in [2.75, 3.05) is 5.32 Å². The van der Waals surface area contributed by atoms with Crippen molar-refractivity contribution in [3.05, 3.63) is 94.8 Å². The summed E-state index contributed by atoms with van der Waals surface area (Å²) in [6, 6.07) is 21.6. The van der Waals surface area contributed by atoms with E-state index in [-0.39, 0.29) is 18.4 Å². The second-order valence-electron chi connectivity index (χ2n) is 7.67. The van der Waals surface area contributed by atoms with Crippen LogP contribution in [0, 0.1) is 6.92 Å². The third-order valence-electron chi connectivity index (χ3n) is 5.11. The summed E-state index contributed by atoms with van der Waals surface area (Å²) in [6.45, 7) is 3.85. The summed E-state index contributed by atoms with van der Waals surface area (Å²) in [7, 11) is 0. The van der Waals surface area contributed by atoms with Gasteiger partial charge in [-0.05, 0) is 56.3 Å². The number of nitrogens with one attached hydrogen (secondary N) is 2. The molecule has 6 nitrogen and oxygen atoms in total. The van der Waals surface area contributed by atoms with Crippen LogP contribution in [0.25, 0.3) is 11.0 Å². The quantitative estimate of drug-likeness (QED) is 0.431. The minimum absolute atomic E-state index is 0.0486. The SMILES string of the molecule is Cc1cccc(C(=O)NC(C)c2nc3ccccc3n2CC(=O)Nc2cccc(Cl)c2)c1. The molecule has 0 fully saturated rings. The van der Waals surface area contributed by atoms with Crippen LogP contribution in [0.4, 0.5) is 5.69 Å². The number of fused-ring (bicyclic) bond motifs is 1. The number of hydrogen-bond acceptors (Lipinski definition) is 3. The highest BCUT2D eigenvalue weighted by atomic mass is 35.5. The zero-order valence-electron chi connectivity index (χ0n) is 17.8. The monoisotopic (exact) mass is 446 g/mol. The van der Waals surface area contributed by atoms with Crippen LogP contribution in [-0.2, 0) is 11.3 Å². The molecule has 1 heterocycles. The van der Waals surface area contributed by atoms with E-state index in [1.165, 1.54) is 0 Å². The molecule has 0 saturated heterocycles. The zero-order valence-corrected chi connectivity index (χ0v) is 18.6. The Hall–Kier alpha value is -3.64. The Bertz CT molecular complexity index is 1300. The Morgan fingerprint density at radius 1 is 1.03 bits per heavy atom. The molecule has 7 heteroatoms. The van der Waals surface area contributed by atoms with Gasteiger partial charge in [-0.15, -0.1) is 0 Å². The van der Waals surface area contributed by atoms with E-state index in [1.807, 2.05) is 60.9 Å². The van der Waals surface area contributed by atoms with Crippen molar-refractivity contribution < 1.29 is 9.59 Å². The lowest BCUT2D eigenvalue weighted by Gasteiger charge is -2.16. The van der Waals surface area contributed by atoms with Crippen molar-refractivity contribution in [3.63, 3.8) is 0 Å². The number of benzene rings is 3. The third-order valence-corrected chi connectivity index (χ3v) is 5.34. The van der Waals surface area contributed by atoms with Crippen molar-refractivity contribution in [1.29, 1.82) is 0 Å². The number of nitrogens with zero attached hydrogens (tertiary/aromatic N) is 2. The number of imidazole rings is 1. The van der Waals surface area contributed by atoms with Crippen LogP contribution in [0.2, 0.25) is 5.02 Å². The van der Waals surface area contributed by atoms with E-state index in [0.717, 1.165) is 16.6 Å². The number of aromatic nitrogens is 2. The largest absolute Gasteiger partial charge is 0.342 e. The van der Waals surface area contributed by atoms with Crippen molar-refractivity contribution in [3.8, 4) is 0 Å². The minimum Gasteiger partial charge on any atom is -0.342 e. The number of rotatable bonds is 6. The highest BCUT2D eigenvalue weighted by Crippen LogP contribution is 2.22. The molecule has 3 aromatic carbocycles. The summed E-state index contributed by atoms with van der Waals surface area (Å²) in [6.07, 6.45) is 0. The smallest absolute Gasteiger partial charge is 0.251 e. The van der Waals surface area contributed by atoms with Crippen LogP contribution in [0.3, 0.4) is 0 Å². The fourth-order valence-corrected chi connectivity index (χ4v) is 3.82. The summed E-state index contributed by atoms with van der Waals surface area (Å²) in [5, 5.41) is 6.41. The van der Waals surface area contributed by atoms with Gasteiger partial charge in [-0.2, -0.15) is 0 Å². The molecule has 0 aliphatic carbocycles. The van der Waals surface area contributed by atoms with Crippen molar-refractivity contribution in [2.24, 2.45) is 0 Å². The van der Waals surface area contributed by atoms with Gasteiger partial charge in [-0.3, -0.25) is 9.59 Å². The summed E-state index contributed by atoms with van der Waals surface area (Å²) in [5.74, 6) is 0.200. The van der Waals surface area contributed by atoms with E-state index < -0.39 is 6.04 Å². The van der Waals surface area contributed by atoms with Crippen LogP contribution in [0.15, 0.2) is 72.8 Å². The number of aryl methyl sites for hydroxylation is 1. The fraction of sp³-hybridized carbons (Fsp3) is 0.160. The molecule has 32 heavy (non-hydrogen) atoms. The van der Waals surface area contributed by atoms with Crippen molar-refractivity contribution in [2.45, 2.75) is 26.4 Å². The summed E-state index contributed by atoms with van der Waals surface area (Å²) in [4.78, 5) is 30.3. The van der Waals surface area contributed by atoms with E-state index >= 15 is 0 Å². The molecule has 162 valence electrons. The van der Waals surface area contributed by atoms with Crippen LogP contribution >= 0.6 is 11.6 Å². The molecule has 1 unspecified atom stereocenters. The van der Waals surface area contributed by atoms with Gasteiger partial charge in [0.15, 0.2) is 0 Å². The molecule has 2 amide bonds. The van der Waals surface area contributed by atoms with Crippen LogP contribution in [0.5, 0.6) is 0 Å². The molecule has 0 saturated carbocycles. The normalized spacial score (nSPS) is 11.8. The first-order chi connectivity index (χ1) is 15.4. The van der Waals surface area contributed by atoms with Crippen molar-refractivity contribution in [1.82, 2.24) is 14.9 Å². The highest BCUT2D eigenvalue weighted by molar-refractivity contribution is 6.30. The number of para-hydroxylation sites is 2. The summed E-state index contributed by atoms with van der Waals surface area (Å²) in [5.41, 5.74) is 3.79. The first-order valence-electron chi connectivity index (χ1n) is 10.3. The summed E-state index contributed by atoms with van der Waals surface area (Å²) >= 11 is 6.02. The van der Waals surface area contributed by atoms with Crippen LogP contribution in [0.1, 0.15) is 34.7 Å². The average Bonchev–Trinajstić information content (AvgIpc) is 3.12. The number of carbonyl (C=O) groups is 2. The number of carbonyl (C=O) groups excluding carboxylic acids is 2. The predicted octanol–water partition coefficient (Wildman–Crippen LogP) is 5.13. The Labute approximate surface area is 191 Å². The molecule has 1 atom stereocenters. The lowest BCUT2D eigenvalue weighted by Crippen LogP contribution is -2.30. The molecular formula is C25H23ClN4O2. The number of hydrogen-bond donors (Lipinski definition) is 2. The van der Waals surface area contributed by atoms with Gasteiger partial charge in [0.05, 0.1) is 17.1 Å². The first-order valence-corrected chi connectivity index (χ1v) is 10.7. The molecule has 1 aromatic heterocycles. The third kappa shape index (κ3) is 4.81. The van der Waals surface area contributed by atoms with Gasteiger partial charge in [0.2, 0.25) is 5.91 Å². The topological polar surface area (TPSA) is 76.0 Å². The molecular weight excluding hydrogens is 424 g/mol. The highest BCUT2D eigenvalue weighted by Gasteiger charge is 2.20. The van der Waals surface area contributed by atoms with E-state index in [9.17, 15) is 9.59 Å². The fourth-order valence-electron chi connectivity index (χ4n) is 3.63. The molecule has 4 aromatic rings. The molecule has 0 radical (unpaired) electrons. The second kappa shape index (κ2) is 9.24. The maximum absolute atomic E-state index is 12.8.